The predicted octanol–water partition coefficient (Wildman–Crippen LogP) is 0.658. The maximum absolute atomic E-state index is 5.42. The van der Waals surface area contributed by atoms with Crippen LogP contribution in [-0.4, -0.2) is 33.5 Å². The van der Waals surface area contributed by atoms with Crippen molar-refractivity contribution in [3.63, 3.8) is 0 Å². The summed E-state index contributed by atoms with van der Waals surface area (Å²) in [6, 6.07) is 4.33. The molecule has 17 heavy (non-hydrogen) atoms. The van der Waals surface area contributed by atoms with Crippen LogP contribution in [0.1, 0.15) is 11.6 Å². The predicted molar refractivity (Wildman–Crippen MR) is 62.7 cm³/mol. The van der Waals surface area contributed by atoms with Gasteiger partial charge in [-0.1, -0.05) is 0 Å². The minimum absolute atomic E-state index is 0.269. The summed E-state index contributed by atoms with van der Waals surface area (Å²) in [5, 5.41) is 6.83. The summed E-state index contributed by atoms with van der Waals surface area (Å²) in [5.41, 5.74) is 1.17. The molecule has 92 valence electrons. The molecule has 0 spiro atoms. The topological polar surface area (TPSA) is 51.8 Å². The molecular formula is C12H16N2O3. The zero-order chi connectivity index (χ0) is 11.7. The Labute approximate surface area is 100 Å². The van der Waals surface area contributed by atoms with Crippen molar-refractivity contribution in [2.24, 2.45) is 0 Å². The first-order chi connectivity index (χ1) is 8.38. The lowest BCUT2D eigenvalue weighted by molar-refractivity contribution is 0.171. The standard InChI is InChI=1S/C12H16N2O3/c1-15-10-4-8(9-6-13-2-3-14-9)5-11-12(10)17-7-16-11/h4-5,9,13-14H,2-3,6-7H2,1H3/t9-/m1/s1. The summed E-state index contributed by atoms with van der Waals surface area (Å²) >= 11 is 0. The molecule has 0 amide bonds. The number of fused-ring (bicyclic) bond motifs is 1. The zero-order valence-corrected chi connectivity index (χ0v) is 9.79. The molecule has 2 N–H and O–H groups in total. The fourth-order valence-corrected chi connectivity index (χ4v) is 2.24. The van der Waals surface area contributed by atoms with Crippen molar-refractivity contribution in [3.8, 4) is 17.2 Å². The Morgan fingerprint density at radius 1 is 1.29 bits per heavy atom. The molecule has 0 saturated carbocycles. The van der Waals surface area contributed by atoms with E-state index in [1.807, 2.05) is 12.1 Å². The third kappa shape index (κ3) is 1.92. The van der Waals surface area contributed by atoms with Crippen LogP contribution < -0.4 is 24.8 Å². The highest BCUT2D eigenvalue weighted by Gasteiger charge is 2.23. The maximum Gasteiger partial charge on any atom is 0.231 e. The number of rotatable bonds is 2. The van der Waals surface area contributed by atoms with Crippen LogP contribution in [0.5, 0.6) is 17.2 Å². The van der Waals surface area contributed by atoms with Crippen LogP contribution in [0.15, 0.2) is 12.1 Å². The van der Waals surface area contributed by atoms with Crippen LogP contribution in [0.4, 0.5) is 0 Å². The molecule has 1 aromatic carbocycles. The van der Waals surface area contributed by atoms with E-state index in [1.165, 1.54) is 5.56 Å². The average Bonchev–Trinajstić information content (AvgIpc) is 2.86. The van der Waals surface area contributed by atoms with Crippen molar-refractivity contribution in [3.05, 3.63) is 17.7 Å². The number of nitrogens with one attached hydrogen (secondary N) is 2. The quantitative estimate of drug-likeness (QED) is 0.790. The van der Waals surface area contributed by atoms with Gasteiger partial charge < -0.3 is 24.8 Å². The molecule has 0 aromatic heterocycles. The van der Waals surface area contributed by atoms with Gasteiger partial charge in [0.15, 0.2) is 11.5 Å². The Balaban J connectivity index is 1.94. The minimum atomic E-state index is 0.269. The monoisotopic (exact) mass is 236 g/mol. The largest absolute Gasteiger partial charge is 0.493 e. The molecule has 0 unspecified atom stereocenters. The van der Waals surface area contributed by atoms with Crippen LogP contribution in [0.25, 0.3) is 0 Å². The van der Waals surface area contributed by atoms with Crippen molar-refractivity contribution in [2.45, 2.75) is 6.04 Å². The molecule has 2 aliphatic heterocycles. The summed E-state index contributed by atoms with van der Waals surface area (Å²) in [6.45, 7) is 3.17. The highest BCUT2D eigenvalue weighted by molar-refractivity contribution is 5.55. The van der Waals surface area contributed by atoms with Crippen LogP contribution in [0.2, 0.25) is 0 Å². The van der Waals surface area contributed by atoms with E-state index in [9.17, 15) is 0 Å². The molecule has 2 aliphatic rings. The molecule has 1 atom stereocenters. The minimum Gasteiger partial charge on any atom is -0.493 e. The van der Waals surface area contributed by atoms with E-state index in [4.69, 9.17) is 14.2 Å². The third-order valence-electron chi connectivity index (χ3n) is 3.12. The van der Waals surface area contributed by atoms with Gasteiger partial charge in [-0.15, -0.1) is 0 Å². The second kappa shape index (κ2) is 4.43. The molecule has 5 heteroatoms. The van der Waals surface area contributed by atoms with Gasteiger partial charge in [0.05, 0.1) is 7.11 Å². The lowest BCUT2D eigenvalue weighted by Crippen LogP contribution is -2.42. The van der Waals surface area contributed by atoms with Gasteiger partial charge in [-0.05, 0) is 17.7 Å². The van der Waals surface area contributed by atoms with Gasteiger partial charge in [0.25, 0.3) is 0 Å². The van der Waals surface area contributed by atoms with E-state index in [-0.39, 0.29) is 6.79 Å². The van der Waals surface area contributed by atoms with E-state index in [2.05, 4.69) is 10.6 Å². The van der Waals surface area contributed by atoms with Crippen LogP contribution in [0, 0.1) is 0 Å². The summed E-state index contributed by atoms with van der Waals surface area (Å²) in [5.74, 6) is 2.22. The van der Waals surface area contributed by atoms with Crippen molar-refractivity contribution < 1.29 is 14.2 Å². The van der Waals surface area contributed by atoms with E-state index < -0.39 is 0 Å². The van der Waals surface area contributed by atoms with Gasteiger partial charge in [-0.3, -0.25) is 0 Å². The fraction of sp³-hybridized carbons (Fsp3) is 0.500. The van der Waals surface area contributed by atoms with Crippen LogP contribution >= 0.6 is 0 Å². The second-order valence-electron chi connectivity index (χ2n) is 4.17. The summed E-state index contributed by atoms with van der Waals surface area (Å²) in [7, 11) is 1.65. The summed E-state index contributed by atoms with van der Waals surface area (Å²) in [4.78, 5) is 0. The number of hydrogen-bond donors (Lipinski definition) is 2. The first-order valence-electron chi connectivity index (χ1n) is 5.80. The van der Waals surface area contributed by atoms with Crippen molar-refractivity contribution in [2.75, 3.05) is 33.5 Å². The van der Waals surface area contributed by atoms with Gasteiger partial charge in [0.2, 0.25) is 12.5 Å². The van der Waals surface area contributed by atoms with Gasteiger partial charge in [0, 0.05) is 25.7 Å². The Kier molecular flexibility index (Phi) is 2.78. The molecule has 0 bridgehead atoms. The van der Waals surface area contributed by atoms with Crippen molar-refractivity contribution >= 4 is 0 Å². The van der Waals surface area contributed by atoms with Crippen LogP contribution in [-0.2, 0) is 0 Å². The number of ether oxygens (including phenoxy) is 3. The molecule has 0 aliphatic carbocycles. The van der Waals surface area contributed by atoms with Gasteiger partial charge in [0.1, 0.15) is 0 Å². The van der Waals surface area contributed by atoms with Gasteiger partial charge in [-0.25, -0.2) is 0 Å². The Morgan fingerprint density at radius 3 is 3.00 bits per heavy atom. The second-order valence-corrected chi connectivity index (χ2v) is 4.17. The number of hydrogen-bond acceptors (Lipinski definition) is 5. The lowest BCUT2D eigenvalue weighted by Gasteiger charge is -2.25. The Bertz CT molecular complexity index is 416. The first kappa shape index (κ1) is 10.7. The Hall–Kier alpha value is -1.46. The van der Waals surface area contributed by atoms with Gasteiger partial charge in [-0.2, -0.15) is 0 Å². The van der Waals surface area contributed by atoms with Gasteiger partial charge >= 0.3 is 0 Å². The first-order valence-corrected chi connectivity index (χ1v) is 5.80. The highest BCUT2D eigenvalue weighted by Crippen LogP contribution is 2.42. The van der Waals surface area contributed by atoms with Crippen molar-refractivity contribution in [1.82, 2.24) is 10.6 Å². The van der Waals surface area contributed by atoms with E-state index in [0.717, 1.165) is 31.1 Å². The summed E-state index contributed by atoms with van der Waals surface area (Å²) < 4.78 is 16.1. The number of piperazine rings is 1. The molecule has 1 fully saturated rings. The number of methoxy groups -OCH3 is 1. The molecule has 0 radical (unpaired) electrons. The normalized spacial score (nSPS) is 22.5. The molecule has 1 aromatic rings. The highest BCUT2D eigenvalue weighted by atomic mass is 16.7. The third-order valence-corrected chi connectivity index (χ3v) is 3.12. The molecule has 3 rings (SSSR count). The maximum atomic E-state index is 5.42. The molecule has 2 heterocycles. The molecule has 1 saturated heterocycles. The lowest BCUT2D eigenvalue weighted by atomic mass is 10.0. The Morgan fingerprint density at radius 2 is 2.24 bits per heavy atom. The zero-order valence-electron chi connectivity index (χ0n) is 9.79. The van der Waals surface area contributed by atoms with Crippen LogP contribution in [0.3, 0.4) is 0 Å². The van der Waals surface area contributed by atoms with E-state index in [1.54, 1.807) is 7.11 Å². The smallest absolute Gasteiger partial charge is 0.231 e. The summed E-state index contributed by atoms with van der Waals surface area (Å²) in [6.07, 6.45) is 0. The molecule has 5 nitrogen and oxygen atoms in total. The SMILES string of the molecule is COc1cc([C@H]2CNCCN2)cc2c1OCO2. The fourth-order valence-electron chi connectivity index (χ4n) is 2.24. The number of benzene rings is 1. The van der Waals surface area contributed by atoms with Crippen molar-refractivity contribution in [1.29, 1.82) is 0 Å². The average molecular weight is 236 g/mol. The van der Waals surface area contributed by atoms with E-state index >= 15 is 0 Å². The van der Waals surface area contributed by atoms with E-state index in [0.29, 0.717) is 11.8 Å². The molecular weight excluding hydrogens is 220 g/mol.